The maximum Gasteiger partial charge on any atom is 0.233 e. The van der Waals surface area contributed by atoms with E-state index in [0.717, 1.165) is 10.8 Å². The molecule has 0 aliphatic carbocycles. The van der Waals surface area contributed by atoms with E-state index in [1.165, 1.54) is 11.8 Å². The normalized spacial score (nSPS) is 15.1. The van der Waals surface area contributed by atoms with Gasteiger partial charge in [-0.3, -0.25) is 9.36 Å². The first-order valence-electron chi connectivity index (χ1n) is 6.78. The molecule has 1 saturated heterocycles. The van der Waals surface area contributed by atoms with Crippen LogP contribution in [0.15, 0.2) is 41.8 Å². The van der Waals surface area contributed by atoms with Gasteiger partial charge < -0.3 is 9.64 Å². The number of thioether (sulfide) groups is 1. The summed E-state index contributed by atoms with van der Waals surface area (Å²) in [6.07, 6.45) is 1.66. The highest BCUT2D eigenvalue weighted by Gasteiger charge is 2.18. The van der Waals surface area contributed by atoms with E-state index in [4.69, 9.17) is 4.74 Å². The van der Waals surface area contributed by atoms with Crippen LogP contribution < -0.4 is 0 Å². The van der Waals surface area contributed by atoms with E-state index in [0.29, 0.717) is 32.1 Å². The zero-order chi connectivity index (χ0) is 14.5. The molecular weight excluding hydrogens is 288 g/mol. The van der Waals surface area contributed by atoms with Crippen LogP contribution in [0.1, 0.15) is 0 Å². The summed E-state index contributed by atoms with van der Waals surface area (Å²) in [6, 6.07) is 9.85. The number of carbonyl (C=O) groups is 1. The van der Waals surface area contributed by atoms with Crippen molar-refractivity contribution in [2.24, 2.45) is 0 Å². The summed E-state index contributed by atoms with van der Waals surface area (Å²) in [6.45, 7) is 2.59. The van der Waals surface area contributed by atoms with E-state index in [-0.39, 0.29) is 5.91 Å². The predicted octanol–water partition coefficient (Wildman–Crippen LogP) is 1.22. The second-order valence-electron chi connectivity index (χ2n) is 4.60. The average molecular weight is 304 g/mol. The molecule has 1 aliphatic rings. The lowest BCUT2D eigenvalue weighted by molar-refractivity contribution is -0.132. The summed E-state index contributed by atoms with van der Waals surface area (Å²) in [5.74, 6) is 0.483. The minimum atomic E-state index is 0.117. The largest absolute Gasteiger partial charge is 0.378 e. The van der Waals surface area contributed by atoms with E-state index < -0.39 is 0 Å². The van der Waals surface area contributed by atoms with Gasteiger partial charge in [-0.2, -0.15) is 0 Å². The third-order valence-corrected chi connectivity index (χ3v) is 4.17. The van der Waals surface area contributed by atoms with Gasteiger partial charge in [0.25, 0.3) is 0 Å². The Morgan fingerprint density at radius 3 is 2.76 bits per heavy atom. The molecular formula is C14H16N4O2S. The van der Waals surface area contributed by atoms with E-state index in [2.05, 4.69) is 10.2 Å². The summed E-state index contributed by atoms with van der Waals surface area (Å²) in [7, 11) is 0. The molecule has 1 fully saturated rings. The van der Waals surface area contributed by atoms with Crippen LogP contribution >= 0.6 is 11.8 Å². The van der Waals surface area contributed by atoms with E-state index in [1.54, 1.807) is 6.33 Å². The highest BCUT2D eigenvalue weighted by Crippen LogP contribution is 2.19. The van der Waals surface area contributed by atoms with Gasteiger partial charge in [0.15, 0.2) is 5.16 Å². The van der Waals surface area contributed by atoms with Crippen LogP contribution in [0.25, 0.3) is 5.69 Å². The fourth-order valence-corrected chi connectivity index (χ4v) is 2.95. The van der Waals surface area contributed by atoms with Crippen LogP contribution in [-0.4, -0.2) is 57.6 Å². The van der Waals surface area contributed by atoms with Crippen molar-refractivity contribution in [1.82, 2.24) is 19.7 Å². The molecule has 2 aromatic rings. The molecule has 1 aliphatic heterocycles. The molecule has 7 heteroatoms. The first-order chi connectivity index (χ1) is 10.3. The molecule has 0 spiro atoms. The number of amides is 1. The minimum Gasteiger partial charge on any atom is -0.378 e. The molecule has 6 nitrogen and oxygen atoms in total. The summed E-state index contributed by atoms with van der Waals surface area (Å²) in [4.78, 5) is 14.0. The van der Waals surface area contributed by atoms with Gasteiger partial charge in [-0.1, -0.05) is 30.0 Å². The quantitative estimate of drug-likeness (QED) is 0.795. The molecule has 110 valence electrons. The Labute approximate surface area is 127 Å². The predicted molar refractivity (Wildman–Crippen MR) is 79.5 cm³/mol. The van der Waals surface area contributed by atoms with Crippen molar-refractivity contribution >= 4 is 17.7 Å². The maximum absolute atomic E-state index is 12.1. The van der Waals surface area contributed by atoms with Gasteiger partial charge in [0.05, 0.1) is 19.0 Å². The topological polar surface area (TPSA) is 60.2 Å². The van der Waals surface area contributed by atoms with Crippen molar-refractivity contribution in [3.05, 3.63) is 36.7 Å². The van der Waals surface area contributed by atoms with E-state index in [9.17, 15) is 4.79 Å². The van der Waals surface area contributed by atoms with Gasteiger partial charge in [-0.05, 0) is 12.1 Å². The van der Waals surface area contributed by atoms with Crippen LogP contribution in [0.4, 0.5) is 0 Å². The number of morpholine rings is 1. The van der Waals surface area contributed by atoms with Gasteiger partial charge in [0.2, 0.25) is 5.91 Å². The number of hydrogen-bond acceptors (Lipinski definition) is 5. The van der Waals surface area contributed by atoms with Crippen LogP contribution in [0.3, 0.4) is 0 Å². The maximum atomic E-state index is 12.1. The highest BCUT2D eigenvalue weighted by molar-refractivity contribution is 7.99. The number of hydrogen-bond donors (Lipinski definition) is 0. The zero-order valence-corrected chi connectivity index (χ0v) is 12.3. The molecule has 1 aromatic heterocycles. The molecule has 2 heterocycles. The number of carbonyl (C=O) groups excluding carboxylic acids is 1. The number of ether oxygens (including phenoxy) is 1. The minimum absolute atomic E-state index is 0.117. The molecule has 0 N–H and O–H groups in total. The molecule has 0 saturated carbocycles. The number of aromatic nitrogens is 3. The monoisotopic (exact) mass is 304 g/mol. The molecule has 0 unspecified atom stereocenters. The van der Waals surface area contributed by atoms with Crippen LogP contribution in [0, 0.1) is 0 Å². The fourth-order valence-electron chi connectivity index (χ4n) is 2.12. The fraction of sp³-hybridized carbons (Fsp3) is 0.357. The van der Waals surface area contributed by atoms with Crippen molar-refractivity contribution in [2.75, 3.05) is 32.1 Å². The Bertz CT molecular complexity index is 596. The summed E-state index contributed by atoms with van der Waals surface area (Å²) in [5, 5.41) is 8.75. The standard InChI is InChI=1S/C14H16N4O2S/c19-13(17-6-8-20-9-7-17)10-21-14-16-15-11-18(14)12-4-2-1-3-5-12/h1-5,11H,6-10H2. The third kappa shape index (κ3) is 3.43. The number of nitrogens with zero attached hydrogens (tertiary/aromatic N) is 4. The van der Waals surface area contributed by atoms with Gasteiger partial charge in [0.1, 0.15) is 6.33 Å². The summed E-state index contributed by atoms with van der Waals surface area (Å²) in [5.41, 5.74) is 0.990. The van der Waals surface area contributed by atoms with Crippen molar-refractivity contribution in [3.8, 4) is 5.69 Å². The van der Waals surface area contributed by atoms with Gasteiger partial charge >= 0.3 is 0 Å². The zero-order valence-electron chi connectivity index (χ0n) is 11.5. The van der Waals surface area contributed by atoms with E-state index >= 15 is 0 Å². The SMILES string of the molecule is O=C(CSc1nncn1-c1ccccc1)N1CCOCC1. The average Bonchev–Trinajstić information content (AvgIpc) is 3.03. The van der Waals surface area contributed by atoms with Crippen molar-refractivity contribution in [3.63, 3.8) is 0 Å². The number of benzene rings is 1. The van der Waals surface area contributed by atoms with Crippen LogP contribution in [-0.2, 0) is 9.53 Å². The Kier molecular flexibility index (Phi) is 4.52. The lowest BCUT2D eigenvalue weighted by atomic mass is 10.3. The first kappa shape index (κ1) is 14.1. The lowest BCUT2D eigenvalue weighted by Gasteiger charge is -2.26. The molecule has 0 atom stereocenters. The van der Waals surface area contributed by atoms with E-state index in [1.807, 2.05) is 39.8 Å². The summed E-state index contributed by atoms with van der Waals surface area (Å²) < 4.78 is 7.14. The highest BCUT2D eigenvalue weighted by atomic mass is 32.2. The van der Waals surface area contributed by atoms with Crippen molar-refractivity contribution in [2.45, 2.75) is 5.16 Å². The number of rotatable bonds is 4. The number of para-hydroxylation sites is 1. The Morgan fingerprint density at radius 2 is 2.00 bits per heavy atom. The molecule has 1 aromatic carbocycles. The van der Waals surface area contributed by atoms with Crippen molar-refractivity contribution in [1.29, 1.82) is 0 Å². The molecule has 0 bridgehead atoms. The second-order valence-corrected chi connectivity index (χ2v) is 5.54. The molecule has 1 amide bonds. The van der Waals surface area contributed by atoms with Crippen molar-refractivity contribution < 1.29 is 9.53 Å². The first-order valence-corrected chi connectivity index (χ1v) is 7.77. The van der Waals surface area contributed by atoms with Gasteiger partial charge in [-0.25, -0.2) is 0 Å². The summed E-state index contributed by atoms with van der Waals surface area (Å²) >= 11 is 1.41. The molecule has 0 radical (unpaired) electrons. The molecule has 21 heavy (non-hydrogen) atoms. The van der Waals surface area contributed by atoms with Gasteiger partial charge in [-0.15, -0.1) is 10.2 Å². The van der Waals surface area contributed by atoms with Gasteiger partial charge in [0, 0.05) is 18.8 Å². The lowest BCUT2D eigenvalue weighted by Crippen LogP contribution is -2.41. The Balaban J connectivity index is 1.63. The van der Waals surface area contributed by atoms with Crippen LogP contribution in [0.2, 0.25) is 0 Å². The smallest absolute Gasteiger partial charge is 0.233 e. The molecule has 3 rings (SSSR count). The van der Waals surface area contributed by atoms with Crippen LogP contribution in [0.5, 0.6) is 0 Å². The third-order valence-electron chi connectivity index (χ3n) is 3.24. The Morgan fingerprint density at radius 1 is 1.24 bits per heavy atom. The Hall–Kier alpha value is -1.86. The second kappa shape index (κ2) is 6.73.